The maximum atomic E-state index is 12.4. The Balaban J connectivity index is 1.25. The molecule has 0 radical (unpaired) electrons. The molecule has 0 N–H and O–H groups in total. The van der Waals surface area contributed by atoms with Gasteiger partial charge in [-0.15, -0.1) is 0 Å². The van der Waals surface area contributed by atoms with E-state index in [0.29, 0.717) is 26.3 Å². The zero-order valence-corrected chi connectivity index (χ0v) is 15.2. The van der Waals surface area contributed by atoms with Gasteiger partial charge >= 0.3 is 6.09 Å². The summed E-state index contributed by atoms with van der Waals surface area (Å²) in [6, 6.07) is 9.98. The first kappa shape index (κ1) is 17.9. The molecule has 2 aliphatic heterocycles. The van der Waals surface area contributed by atoms with Crippen molar-refractivity contribution in [3.05, 3.63) is 60.2 Å². The van der Waals surface area contributed by atoms with Crippen LogP contribution >= 0.6 is 0 Å². The Hall–Kier alpha value is -2.51. The van der Waals surface area contributed by atoms with Gasteiger partial charge in [0, 0.05) is 45.0 Å². The minimum absolute atomic E-state index is 0.142. The summed E-state index contributed by atoms with van der Waals surface area (Å²) in [7, 11) is 0. The van der Waals surface area contributed by atoms with Gasteiger partial charge in [-0.05, 0) is 11.1 Å². The van der Waals surface area contributed by atoms with Crippen molar-refractivity contribution in [1.82, 2.24) is 19.8 Å². The molecule has 2 fully saturated rings. The number of rotatable bonds is 4. The van der Waals surface area contributed by atoms with E-state index in [1.54, 1.807) is 4.90 Å². The predicted octanol–water partition coefficient (Wildman–Crippen LogP) is 1.74. The van der Waals surface area contributed by atoms with Crippen LogP contribution in [-0.4, -0.2) is 70.8 Å². The van der Waals surface area contributed by atoms with Crippen molar-refractivity contribution in [2.45, 2.75) is 25.2 Å². The van der Waals surface area contributed by atoms with Crippen LogP contribution in [-0.2, 0) is 22.5 Å². The van der Waals surface area contributed by atoms with Crippen molar-refractivity contribution in [2.75, 3.05) is 32.8 Å². The van der Waals surface area contributed by atoms with Gasteiger partial charge in [0.25, 0.3) is 0 Å². The smallest absolute Gasteiger partial charge is 0.410 e. The van der Waals surface area contributed by atoms with Crippen LogP contribution < -0.4 is 0 Å². The molecule has 7 nitrogen and oxygen atoms in total. The largest absolute Gasteiger partial charge is 0.445 e. The SMILES string of the molecule is O=C(OCc1ccccc1)N1CCN2C[C@H](Cc3cncnc3)OC[C@@H]2C1. The summed E-state index contributed by atoms with van der Waals surface area (Å²) < 4.78 is 11.5. The van der Waals surface area contributed by atoms with E-state index >= 15 is 0 Å². The second-order valence-electron chi connectivity index (χ2n) is 7.04. The summed E-state index contributed by atoms with van der Waals surface area (Å²) in [6.07, 6.45) is 5.92. The van der Waals surface area contributed by atoms with Crippen LogP contribution in [0.4, 0.5) is 4.79 Å². The number of morpholine rings is 1. The van der Waals surface area contributed by atoms with Crippen molar-refractivity contribution in [2.24, 2.45) is 0 Å². The lowest BCUT2D eigenvalue weighted by atomic mass is 10.1. The number of piperazine rings is 1. The molecule has 1 aromatic carbocycles. The number of benzene rings is 1. The highest BCUT2D eigenvalue weighted by molar-refractivity contribution is 5.67. The molecule has 0 spiro atoms. The monoisotopic (exact) mass is 368 g/mol. The van der Waals surface area contributed by atoms with Crippen LogP contribution in [0.2, 0.25) is 0 Å². The molecule has 0 bridgehead atoms. The summed E-state index contributed by atoms with van der Waals surface area (Å²) in [5.41, 5.74) is 2.09. The van der Waals surface area contributed by atoms with Crippen LogP contribution in [0.15, 0.2) is 49.1 Å². The van der Waals surface area contributed by atoms with Crippen molar-refractivity contribution in [3.63, 3.8) is 0 Å². The number of carbonyl (C=O) groups is 1. The Morgan fingerprint density at radius 1 is 1.11 bits per heavy atom. The van der Waals surface area contributed by atoms with Gasteiger partial charge in [0.2, 0.25) is 0 Å². The van der Waals surface area contributed by atoms with Gasteiger partial charge in [0.05, 0.1) is 18.8 Å². The maximum absolute atomic E-state index is 12.4. The van der Waals surface area contributed by atoms with E-state index in [-0.39, 0.29) is 18.2 Å². The molecular weight excluding hydrogens is 344 g/mol. The highest BCUT2D eigenvalue weighted by Crippen LogP contribution is 2.20. The molecule has 27 heavy (non-hydrogen) atoms. The predicted molar refractivity (Wildman–Crippen MR) is 99.0 cm³/mol. The average molecular weight is 368 g/mol. The maximum Gasteiger partial charge on any atom is 0.410 e. The van der Waals surface area contributed by atoms with Gasteiger partial charge in [-0.2, -0.15) is 0 Å². The van der Waals surface area contributed by atoms with Crippen molar-refractivity contribution in [1.29, 1.82) is 0 Å². The molecule has 3 heterocycles. The summed E-state index contributed by atoms with van der Waals surface area (Å²) in [5.74, 6) is 0. The molecular formula is C20H24N4O3. The molecule has 2 aromatic rings. The molecule has 0 unspecified atom stereocenters. The van der Waals surface area contributed by atoms with Crippen LogP contribution in [0, 0.1) is 0 Å². The van der Waals surface area contributed by atoms with E-state index in [1.807, 2.05) is 42.7 Å². The van der Waals surface area contributed by atoms with Crippen LogP contribution in [0.25, 0.3) is 0 Å². The van der Waals surface area contributed by atoms with Crippen LogP contribution in [0.3, 0.4) is 0 Å². The molecule has 1 amide bonds. The summed E-state index contributed by atoms with van der Waals surface area (Å²) in [5, 5.41) is 0. The summed E-state index contributed by atoms with van der Waals surface area (Å²) >= 11 is 0. The third-order valence-electron chi connectivity index (χ3n) is 5.11. The molecule has 2 atom stereocenters. The minimum Gasteiger partial charge on any atom is -0.445 e. The Kier molecular flexibility index (Phi) is 5.60. The number of hydrogen-bond donors (Lipinski definition) is 0. The average Bonchev–Trinajstić information content (AvgIpc) is 2.73. The Morgan fingerprint density at radius 2 is 1.93 bits per heavy atom. The second-order valence-corrected chi connectivity index (χ2v) is 7.04. The van der Waals surface area contributed by atoms with Gasteiger partial charge in [-0.25, -0.2) is 14.8 Å². The lowest BCUT2D eigenvalue weighted by molar-refractivity contribution is -0.0856. The number of fused-ring (bicyclic) bond motifs is 1. The van der Waals surface area contributed by atoms with E-state index in [0.717, 1.165) is 30.6 Å². The highest BCUT2D eigenvalue weighted by Gasteiger charge is 2.35. The van der Waals surface area contributed by atoms with E-state index in [4.69, 9.17) is 9.47 Å². The summed E-state index contributed by atoms with van der Waals surface area (Å²) in [6.45, 7) is 3.98. The van der Waals surface area contributed by atoms with Crippen molar-refractivity contribution in [3.8, 4) is 0 Å². The zero-order valence-electron chi connectivity index (χ0n) is 15.2. The van der Waals surface area contributed by atoms with E-state index in [9.17, 15) is 4.79 Å². The molecule has 0 aliphatic carbocycles. The number of aromatic nitrogens is 2. The quantitative estimate of drug-likeness (QED) is 0.819. The van der Waals surface area contributed by atoms with Gasteiger partial charge < -0.3 is 14.4 Å². The van der Waals surface area contributed by atoms with Gasteiger partial charge in [-0.3, -0.25) is 4.90 Å². The van der Waals surface area contributed by atoms with Crippen LogP contribution in [0.5, 0.6) is 0 Å². The fourth-order valence-electron chi connectivity index (χ4n) is 3.65. The highest BCUT2D eigenvalue weighted by atomic mass is 16.6. The molecule has 0 saturated carbocycles. The van der Waals surface area contributed by atoms with E-state index < -0.39 is 0 Å². The molecule has 7 heteroatoms. The normalized spacial score (nSPS) is 22.9. The first-order chi connectivity index (χ1) is 13.3. The van der Waals surface area contributed by atoms with Gasteiger partial charge in [0.1, 0.15) is 12.9 Å². The second kappa shape index (κ2) is 8.45. The molecule has 2 aliphatic rings. The standard InChI is InChI=1S/C20H24N4O3/c25-20(27-13-16-4-2-1-3-5-16)24-7-6-23-12-19(26-14-18(23)11-24)8-17-9-21-15-22-10-17/h1-5,9-10,15,18-19H,6-8,11-14H2/t18-,19-/m0/s1. The number of nitrogens with zero attached hydrogens (tertiary/aromatic N) is 4. The zero-order chi connectivity index (χ0) is 18.5. The van der Waals surface area contributed by atoms with Gasteiger partial charge in [-0.1, -0.05) is 30.3 Å². The van der Waals surface area contributed by atoms with Crippen molar-refractivity contribution >= 4 is 6.09 Å². The lowest BCUT2D eigenvalue weighted by Gasteiger charge is -2.45. The fraction of sp³-hybridized carbons (Fsp3) is 0.450. The number of amides is 1. The van der Waals surface area contributed by atoms with Crippen molar-refractivity contribution < 1.29 is 14.3 Å². The molecule has 1 aromatic heterocycles. The Bertz CT molecular complexity index is 743. The Morgan fingerprint density at radius 3 is 2.74 bits per heavy atom. The first-order valence-corrected chi connectivity index (χ1v) is 9.33. The topological polar surface area (TPSA) is 67.8 Å². The Labute approximate surface area is 158 Å². The number of hydrogen-bond acceptors (Lipinski definition) is 6. The molecule has 4 rings (SSSR count). The number of carbonyl (C=O) groups excluding carboxylic acids is 1. The molecule has 142 valence electrons. The third-order valence-corrected chi connectivity index (χ3v) is 5.11. The first-order valence-electron chi connectivity index (χ1n) is 9.33. The third kappa shape index (κ3) is 4.61. The fourth-order valence-corrected chi connectivity index (χ4v) is 3.65. The van der Waals surface area contributed by atoms with E-state index in [1.165, 1.54) is 6.33 Å². The minimum atomic E-state index is -0.248. The number of ether oxygens (including phenoxy) is 2. The molecule has 2 saturated heterocycles. The van der Waals surface area contributed by atoms with E-state index in [2.05, 4.69) is 14.9 Å². The summed E-state index contributed by atoms with van der Waals surface area (Å²) in [4.78, 5) is 24.7. The van der Waals surface area contributed by atoms with Crippen LogP contribution in [0.1, 0.15) is 11.1 Å². The lowest BCUT2D eigenvalue weighted by Crippen LogP contribution is -2.61. The van der Waals surface area contributed by atoms with Gasteiger partial charge in [0.15, 0.2) is 0 Å².